The Kier molecular flexibility index (Phi) is 6.87. The molecule has 34 valence electrons. The summed E-state index contributed by atoms with van der Waals surface area (Å²) in [5.41, 5.74) is 0. The fraction of sp³-hybridized carbons (Fsp3) is 1.00. The van der Waals surface area contributed by atoms with Crippen LogP contribution in [0.15, 0.2) is 0 Å². The van der Waals surface area contributed by atoms with Crippen molar-refractivity contribution < 1.29 is 10.2 Å². The van der Waals surface area contributed by atoms with E-state index in [0.29, 0.717) is 0 Å². The summed E-state index contributed by atoms with van der Waals surface area (Å²) in [5.74, 6) is 0. The monoisotopic (exact) mass is 79.1 g/mol. The average Bonchev–Trinajstić information content (AvgIpc) is 0.811. The number of hydrogen-bond donors (Lipinski definition) is 3. The molecule has 3 nitrogen and oxygen atoms in total. The molecule has 0 saturated carbocycles. The predicted octanol–water partition coefficient (Wildman–Crippen LogP) is -0.521. The van der Waals surface area contributed by atoms with Crippen molar-refractivity contribution in [3.05, 3.63) is 0 Å². The van der Waals surface area contributed by atoms with Crippen LogP contribution < -0.4 is 6.15 Å². The molecule has 0 atom stereocenters. The summed E-state index contributed by atoms with van der Waals surface area (Å²) in [6.45, 7) is 1.28. The SMILES string of the molecule is CC(O)O.N. The lowest BCUT2D eigenvalue weighted by molar-refractivity contribution is -0.0228. The smallest absolute Gasteiger partial charge is 0.148 e. The standard InChI is InChI=1S/C2H6O2.H3N/c1-2(3)4;/h2-4H,1H3;1H3. The summed E-state index contributed by atoms with van der Waals surface area (Å²) >= 11 is 0. The molecule has 0 aliphatic rings. The van der Waals surface area contributed by atoms with Crippen molar-refractivity contribution in [2.24, 2.45) is 0 Å². The van der Waals surface area contributed by atoms with Gasteiger partial charge in [-0.1, -0.05) is 0 Å². The Balaban J connectivity index is 0. The topological polar surface area (TPSA) is 75.5 Å². The normalized spacial score (nSPS) is 7.20. The van der Waals surface area contributed by atoms with Crippen LogP contribution in [0.5, 0.6) is 0 Å². The first-order valence-electron chi connectivity index (χ1n) is 1.09. The maximum atomic E-state index is 7.61. The van der Waals surface area contributed by atoms with Gasteiger partial charge in [0.25, 0.3) is 0 Å². The molecule has 0 aliphatic carbocycles. The van der Waals surface area contributed by atoms with Gasteiger partial charge in [0, 0.05) is 0 Å². The highest BCUT2D eigenvalue weighted by Gasteiger charge is 1.70. The molecule has 0 rings (SSSR count). The number of rotatable bonds is 0. The van der Waals surface area contributed by atoms with Gasteiger partial charge >= 0.3 is 0 Å². The minimum absolute atomic E-state index is 0. The number of aliphatic hydroxyl groups is 2. The first kappa shape index (κ1) is 8.86. The van der Waals surface area contributed by atoms with Crippen molar-refractivity contribution in [3.63, 3.8) is 0 Å². The molecule has 0 saturated heterocycles. The predicted molar refractivity (Wildman–Crippen MR) is 18.9 cm³/mol. The summed E-state index contributed by atoms with van der Waals surface area (Å²) in [6.07, 6.45) is -1.17. The van der Waals surface area contributed by atoms with E-state index in [9.17, 15) is 0 Å². The van der Waals surface area contributed by atoms with E-state index < -0.39 is 6.29 Å². The molecule has 3 heteroatoms. The fourth-order valence-corrected chi connectivity index (χ4v) is 0. The highest BCUT2D eigenvalue weighted by Crippen LogP contribution is 1.57. The second-order valence-electron chi connectivity index (χ2n) is 0.632. The van der Waals surface area contributed by atoms with Crippen molar-refractivity contribution in [1.82, 2.24) is 6.15 Å². The molecule has 0 aromatic heterocycles. The minimum atomic E-state index is -1.17. The molecule has 0 bridgehead atoms. The van der Waals surface area contributed by atoms with Gasteiger partial charge in [-0.05, 0) is 6.92 Å². The van der Waals surface area contributed by atoms with E-state index >= 15 is 0 Å². The zero-order chi connectivity index (χ0) is 3.58. The van der Waals surface area contributed by atoms with Crippen LogP contribution in [-0.4, -0.2) is 16.5 Å². The Hall–Kier alpha value is -0.120. The Labute approximate surface area is 30.8 Å². The van der Waals surface area contributed by atoms with Gasteiger partial charge in [0.05, 0.1) is 0 Å². The third-order valence-corrected chi connectivity index (χ3v) is 0. The van der Waals surface area contributed by atoms with Crippen LogP contribution in [0.1, 0.15) is 6.92 Å². The van der Waals surface area contributed by atoms with E-state index in [-0.39, 0.29) is 6.15 Å². The zero-order valence-corrected chi connectivity index (χ0v) is 3.18. The van der Waals surface area contributed by atoms with E-state index in [1.165, 1.54) is 6.92 Å². The molecule has 0 unspecified atom stereocenters. The molecule has 5 N–H and O–H groups in total. The van der Waals surface area contributed by atoms with Crippen LogP contribution in [0.3, 0.4) is 0 Å². The van der Waals surface area contributed by atoms with E-state index in [0.717, 1.165) is 0 Å². The number of hydrogen-bond acceptors (Lipinski definition) is 3. The highest BCUT2D eigenvalue weighted by atomic mass is 16.5. The summed E-state index contributed by atoms with van der Waals surface area (Å²) in [5, 5.41) is 15.2. The van der Waals surface area contributed by atoms with Gasteiger partial charge in [0.1, 0.15) is 6.29 Å². The van der Waals surface area contributed by atoms with Crippen molar-refractivity contribution in [3.8, 4) is 0 Å². The summed E-state index contributed by atoms with van der Waals surface area (Å²) < 4.78 is 0. The third-order valence-electron chi connectivity index (χ3n) is 0. The molecule has 0 amide bonds. The summed E-state index contributed by atoms with van der Waals surface area (Å²) in [6, 6.07) is 0. The molecular weight excluding hydrogens is 70.0 g/mol. The van der Waals surface area contributed by atoms with Crippen LogP contribution in [0, 0.1) is 0 Å². The molecular formula is C2H9NO2. The largest absolute Gasteiger partial charge is 0.368 e. The highest BCUT2D eigenvalue weighted by molar-refractivity contribution is 4.02. The van der Waals surface area contributed by atoms with E-state index in [1.807, 2.05) is 0 Å². The summed E-state index contributed by atoms with van der Waals surface area (Å²) in [7, 11) is 0. The van der Waals surface area contributed by atoms with Gasteiger partial charge in [-0.15, -0.1) is 0 Å². The van der Waals surface area contributed by atoms with Crippen LogP contribution >= 0.6 is 0 Å². The van der Waals surface area contributed by atoms with Gasteiger partial charge in [-0.2, -0.15) is 0 Å². The van der Waals surface area contributed by atoms with E-state index in [4.69, 9.17) is 10.2 Å². The van der Waals surface area contributed by atoms with Gasteiger partial charge in [-0.3, -0.25) is 0 Å². The molecule has 0 radical (unpaired) electrons. The molecule has 0 aliphatic heterocycles. The van der Waals surface area contributed by atoms with E-state index in [1.54, 1.807) is 0 Å². The van der Waals surface area contributed by atoms with E-state index in [2.05, 4.69) is 0 Å². The van der Waals surface area contributed by atoms with Crippen molar-refractivity contribution in [1.29, 1.82) is 0 Å². The van der Waals surface area contributed by atoms with Crippen LogP contribution in [0.25, 0.3) is 0 Å². The summed E-state index contributed by atoms with van der Waals surface area (Å²) in [4.78, 5) is 0. The lowest BCUT2D eigenvalue weighted by Gasteiger charge is -1.80. The van der Waals surface area contributed by atoms with Crippen molar-refractivity contribution in [2.75, 3.05) is 0 Å². The van der Waals surface area contributed by atoms with Gasteiger partial charge in [-0.25, -0.2) is 0 Å². The van der Waals surface area contributed by atoms with Crippen LogP contribution in [0.2, 0.25) is 0 Å². The molecule has 0 aromatic rings. The molecule has 5 heavy (non-hydrogen) atoms. The van der Waals surface area contributed by atoms with Crippen LogP contribution in [0.4, 0.5) is 0 Å². The zero-order valence-electron chi connectivity index (χ0n) is 3.18. The first-order chi connectivity index (χ1) is 1.73. The maximum Gasteiger partial charge on any atom is 0.148 e. The Morgan fingerprint density at radius 1 is 1.40 bits per heavy atom. The Morgan fingerprint density at radius 2 is 1.40 bits per heavy atom. The van der Waals surface area contributed by atoms with Gasteiger partial charge in [0.2, 0.25) is 0 Å². The van der Waals surface area contributed by atoms with Crippen molar-refractivity contribution >= 4 is 0 Å². The minimum Gasteiger partial charge on any atom is -0.368 e. The molecule has 0 fully saturated rings. The van der Waals surface area contributed by atoms with Gasteiger partial charge in [0.15, 0.2) is 0 Å². The second-order valence-corrected chi connectivity index (χ2v) is 0.632. The molecule has 0 spiro atoms. The number of aliphatic hydroxyl groups excluding tert-OH is 1. The third kappa shape index (κ3) is 952. The van der Waals surface area contributed by atoms with Crippen molar-refractivity contribution in [2.45, 2.75) is 13.2 Å². The van der Waals surface area contributed by atoms with Crippen LogP contribution in [-0.2, 0) is 0 Å². The second kappa shape index (κ2) is 3.88. The lowest BCUT2D eigenvalue weighted by Crippen LogP contribution is -1.92. The van der Waals surface area contributed by atoms with Gasteiger partial charge < -0.3 is 16.4 Å². The average molecular weight is 79.1 g/mol. The Morgan fingerprint density at radius 3 is 1.40 bits per heavy atom. The fourth-order valence-electron chi connectivity index (χ4n) is 0. The first-order valence-corrected chi connectivity index (χ1v) is 1.09. The molecule has 0 aromatic carbocycles. The maximum absolute atomic E-state index is 7.61. The Bertz CT molecular complexity index is 12.4. The lowest BCUT2D eigenvalue weighted by atomic mass is 10.8. The quantitative estimate of drug-likeness (QED) is 0.342. The molecule has 0 heterocycles.